The maximum absolute atomic E-state index is 12.8. The lowest BCUT2D eigenvalue weighted by Gasteiger charge is -2.12. The average Bonchev–Trinajstić information content (AvgIpc) is 3.39. The van der Waals surface area contributed by atoms with Gasteiger partial charge in [-0.15, -0.1) is 0 Å². The molecule has 0 aliphatic rings. The number of pyridine rings is 1. The second-order valence-corrected chi connectivity index (χ2v) is 6.52. The summed E-state index contributed by atoms with van der Waals surface area (Å²) in [6, 6.07) is 7.49. The Morgan fingerprint density at radius 1 is 1.16 bits per heavy atom. The first-order valence-corrected chi connectivity index (χ1v) is 8.95. The third-order valence-electron chi connectivity index (χ3n) is 4.26. The molecule has 2 N–H and O–H groups in total. The number of rotatable bonds is 5. The first kappa shape index (κ1) is 20.1. The van der Waals surface area contributed by atoms with Crippen LogP contribution in [0.4, 0.5) is 18.9 Å². The molecule has 31 heavy (non-hydrogen) atoms. The first-order chi connectivity index (χ1) is 14.8. The van der Waals surface area contributed by atoms with Crippen LogP contribution in [0.3, 0.4) is 0 Å². The first-order valence-electron chi connectivity index (χ1n) is 8.95. The molecule has 0 saturated heterocycles. The second-order valence-electron chi connectivity index (χ2n) is 6.52. The van der Waals surface area contributed by atoms with E-state index in [0.717, 1.165) is 12.1 Å². The number of hydrogen-bond acceptors (Lipinski definition) is 5. The predicted octanol–water partition coefficient (Wildman–Crippen LogP) is 4.27. The molecule has 158 valence electrons. The molecule has 0 fully saturated rings. The number of alkyl halides is 3. The second kappa shape index (κ2) is 7.94. The normalized spacial score (nSPS) is 11.4. The van der Waals surface area contributed by atoms with Gasteiger partial charge in [0.2, 0.25) is 5.88 Å². The Morgan fingerprint density at radius 3 is 2.55 bits per heavy atom. The molecule has 0 aliphatic heterocycles. The van der Waals surface area contributed by atoms with Crippen LogP contribution >= 0.6 is 0 Å². The van der Waals surface area contributed by atoms with E-state index in [2.05, 4.69) is 25.6 Å². The lowest BCUT2D eigenvalue weighted by Crippen LogP contribution is -2.12. The van der Waals surface area contributed by atoms with Crippen molar-refractivity contribution in [2.45, 2.75) is 6.18 Å². The molecular weight excluding hydrogens is 413 g/mol. The number of aromatic amines is 1. The van der Waals surface area contributed by atoms with Crippen molar-refractivity contribution in [3.63, 3.8) is 0 Å². The minimum atomic E-state index is -4.44. The molecule has 0 bridgehead atoms. The third-order valence-corrected chi connectivity index (χ3v) is 4.26. The maximum Gasteiger partial charge on any atom is 0.416 e. The summed E-state index contributed by atoms with van der Waals surface area (Å²) < 4.78 is 45.6. The lowest BCUT2D eigenvalue weighted by atomic mass is 10.1. The number of ether oxygens (including phenoxy) is 1. The number of amides is 1. The van der Waals surface area contributed by atoms with Gasteiger partial charge in [0.15, 0.2) is 0 Å². The number of aromatic nitrogens is 5. The quantitative estimate of drug-likeness (QED) is 0.495. The largest absolute Gasteiger partial charge is 0.438 e. The van der Waals surface area contributed by atoms with E-state index in [1.807, 2.05) is 0 Å². The van der Waals surface area contributed by atoms with Gasteiger partial charge in [0.05, 0.1) is 34.3 Å². The van der Waals surface area contributed by atoms with Gasteiger partial charge < -0.3 is 10.1 Å². The van der Waals surface area contributed by atoms with Crippen molar-refractivity contribution < 1.29 is 22.7 Å². The minimum absolute atomic E-state index is 0.0957. The number of aryl methyl sites for hydroxylation is 1. The van der Waals surface area contributed by atoms with Crippen molar-refractivity contribution in [2.24, 2.45) is 7.05 Å². The zero-order chi connectivity index (χ0) is 22.0. The summed E-state index contributed by atoms with van der Waals surface area (Å²) in [6.45, 7) is 0. The van der Waals surface area contributed by atoms with E-state index in [0.29, 0.717) is 16.9 Å². The predicted molar refractivity (Wildman–Crippen MR) is 104 cm³/mol. The SMILES string of the molecule is Cn1ccc(-c2cc(C(=O)Nc3cn[nH]c3)cnc2Oc2ccc(C(F)(F)F)cc2)n1. The lowest BCUT2D eigenvalue weighted by molar-refractivity contribution is -0.137. The van der Waals surface area contributed by atoms with Crippen LogP contribution in [0.2, 0.25) is 0 Å². The van der Waals surface area contributed by atoms with Crippen LogP contribution in [-0.4, -0.2) is 30.9 Å². The number of nitrogens with one attached hydrogen (secondary N) is 2. The van der Waals surface area contributed by atoms with E-state index in [1.54, 1.807) is 30.1 Å². The van der Waals surface area contributed by atoms with E-state index in [-0.39, 0.29) is 17.2 Å². The Balaban J connectivity index is 1.66. The molecule has 8 nitrogen and oxygen atoms in total. The van der Waals surface area contributed by atoms with Gasteiger partial charge >= 0.3 is 6.18 Å². The molecule has 4 aromatic rings. The number of halogens is 3. The summed E-state index contributed by atoms with van der Waals surface area (Å²) >= 11 is 0. The monoisotopic (exact) mass is 428 g/mol. The molecule has 0 unspecified atom stereocenters. The van der Waals surface area contributed by atoms with Crippen molar-refractivity contribution >= 4 is 11.6 Å². The van der Waals surface area contributed by atoms with E-state index >= 15 is 0 Å². The Kier molecular flexibility index (Phi) is 5.15. The summed E-state index contributed by atoms with van der Waals surface area (Å²) in [7, 11) is 1.72. The van der Waals surface area contributed by atoms with Crippen LogP contribution in [0.15, 0.2) is 61.2 Å². The topological polar surface area (TPSA) is 97.7 Å². The summed E-state index contributed by atoms with van der Waals surface area (Å²) in [5.74, 6) is -0.168. The van der Waals surface area contributed by atoms with Gasteiger partial charge in [0.1, 0.15) is 5.75 Å². The summed E-state index contributed by atoms with van der Waals surface area (Å²) in [6.07, 6.45) is 1.54. The summed E-state index contributed by atoms with van der Waals surface area (Å²) in [5.41, 5.74) is 0.815. The molecule has 1 amide bonds. The highest BCUT2D eigenvalue weighted by atomic mass is 19.4. The van der Waals surface area contributed by atoms with Crippen molar-refractivity contribution in [3.05, 3.63) is 72.3 Å². The van der Waals surface area contributed by atoms with Crippen LogP contribution in [0.5, 0.6) is 11.6 Å². The number of anilines is 1. The summed E-state index contributed by atoms with van der Waals surface area (Å²) in [5, 5.41) is 13.3. The summed E-state index contributed by atoms with van der Waals surface area (Å²) in [4.78, 5) is 16.7. The highest BCUT2D eigenvalue weighted by Crippen LogP contribution is 2.34. The smallest absolute Gasteiger partial charge is 0.416 e. The fourth-order valence-electron chi connectivity index (χ4n) is 2.75. The van der Waals surface area contributed by atoms with E-state index in [4.69, 9.17) is 4.74 Å². The van der Waals surface area contributed by atoms with Gasteiger partial charge in [-0.3, -0.25) is 14.6 Å². The van der Waals surface area contributed by atoms with Crippen molar-refractivity contribution in [2.75, 3.05) is 5.32 Å². The van der Waals surface area contributed by atoms with Gasteiger partial charge in [0, 0.05) is 25.6 Å². The fraction of sp³-hybridized carbons (Fsp3) is 0.100. The minimum Gasteiger partial charge on any atom is -0.438 e. The van der Waals surface area contributed by atoms with Gasteiger partial charge in [-0.2, -0.15) is 23.4 Å². The van der Waals surface area contributed by atoms with Crippen LogP contribution in [0.1, 0.15) is 15.9 Å². The van der Waals surface area contributed by atoms with Crippen molar-refractivity contribution in [1.82, 2.24) is 25.0 Å². The van der Waals surface area contributed by atoms with Crippen molar-refractivity contribution in [1.29, 1.82) is 0 Å². The molecule has 0 spiro atoms. The van der Waals surface area contributed by atoms with E-state index in [9.17, 15) is 18.0 Å². The number of benzene rings is 1. The molecular formula is C20H15F3N6O2. The third kappa shape index (κ3) is 4.55. The average molecular weight is 428 g/mol. The van der Waals surface area contributed by atoms with Crippen LogP contribution in [-0.2, 0) is 13.2 Å². The molecule has 0 radical (unpaired) electrons. The fourth-order valence-corrected chi connectivity index (χ4v) is 2.75. The van der Waals surface area contributed by atoms with Gasteiger partial charge in [0.25, 0.3) is 5.91 Å². The Hall–Kier alpha value is -4.15. The number of carbonyl (C=O) groups excluding carboxylic acids is 1. The van der Waals surface area contributed by atoms with Gasteiger partial charge in [-0.25, -0.2) is 4.98 Å². The zero-order valence-electron chi connectivity index (χ0n) is 16.0. The highest BCUT2D eigenvalue weighted by molar-refractivity contribution is 6.04. The molecule has 3 heterocycles. The van der Waals surface area contributed by atoms with Gasteiger partial charge in [-0.05, 0) is 36.4 Å². The Bertz CT molecular complexity index is 1200. The molecule has 0 saturated carbocycles. The van der Waals surface area contributed by atoms with Crippen molar-refractivity contribution in [3.8, 4) is 22.9 Å². The standard InChI is InChI=1S/C20H15F3N6O2/c1-29-7-6-17(28-29)16-8-12(18(30)27-14-10-25-26-11-14)9-24-19(16)31-15-4-2-13(3-5-15)20(21,22)23/h2-11H,1H3,(H,25,26)(H,27,30). The maximum atomic E-state index is 12.8. The molecule has 0 aliphatic carbocycles. The number of nitrogens with zero attached hydrogens (tertiary/aromatic N) is 4. The number of carbonyl (C=O) groups is 1. The Labute approximate surface area is 173 Å². The van der Waals surface area contributed by atoms with Crippen LogP contribution in [0.25, 0.3) is 11.3 Å². The molecule has 11 heteroatoms. The Morgan fingerprint density at radius 2 is 1.94 bits per heavy atom. The van der Waals surface area contributed by atoms with Crippen LogP contribution < -0.4 is 10.1 Å². The highest BCUT2D eigenvalue weighted by Gasteiger charge is 2.30. The molecule has 0 atom stereocenters. The molecule has 1 aromatic carbocycles. The molecule has 3 aromatic heterocycles. The zero-order valence-corrected chi connectivity index (χ0v) is 16.0. The van der Waals surface area contributed by atoms with E-state index in [1.165, 1.54) is 30.7 Å². The van der Waals surface area contributed by atoms with Gasteiger partial charge in [-0.1, -0.05) is 0 Å². The number of H-pyrrole nitrogens is 1. The number of hydrogen-bond donors (Lipinski definition) is 2. The molecule has 4 rings (SSSR count). The van der Waals surface area contributed by atoms with Crippen LogP contribution in [0, 0.1) is 0 Å². The van der Waals surface area contributed by atoms with E-state index < -0.39 is 17.6 Å².